The molecule has 0 aliphatic carbocycles. The van der Waals surface area contributed by atoms with E-state index in [1.54, 1.807) is 30.1 Å². The van der Waals surface area contributed by atoms with E-state index in [0.29, 0.717) is 28.4 Å². The summed E-state index contributed by atoms with van der Waals surface area (Å²) in [5.74, 6) is -0.473. The summed E-state index contributed by atoms with van der Waals surface area (Å²) in [6, 6.07) is 8.77. The average Bonchev–Trinajstić information content (AvgIpc) is 3.39. The van der Waals surface area contributed by atoms with E-state index in [1.165, 1.54) is 0 Å². The van der Waals surface area contributed by atoms with E-state index in [2.05, 4.69) is 15.4 Å². The number of aromatic carboxylic acids is 1. The fraction of sp³-hybridized carbons (Fsp3) is 0.357. The third-order valence-corrected chi connectivity index (χ3v) is 6.47. The van der Waals surface area contributed by atoms with Crippen LogP contribution < -0.4 is 10.1 Å². The van der Waals surface area contributed by atoms with E-state index < -0.39 is 17.7 Å². The second kappa shape index (κ2) is 11.0. The number of fused-ring (bicyclic) bond motifs is 1. The molecule has 0 radical (unpaired) electrons. The number of amides is 1. The molecule has 0 saturated heterocycles. The zero-order valence-electron chi connectivity index (χ0n) is 22.8. The molecule has 3 aromatic heterocycles. The van der Waals surface area contributed by atoms with E-state index >= 15 is 0 Å². The van der Waals surface area contributed by atoms with E-state index in [-0.39, 0.29) is 18.3 Å². The SMILES string of the molecule is Cc1c(CCOc2ccc(Cl)cc2-c2ccc3ncc(C(C)NC(=O)OC(C)(C)C)n3c2)c(C(=O)O)nn1C. The first-order valence-corrected chi connectivity index (χ1v) is 12.9. The van der Waals surface area contributed by atoms with Gasteiger partial charge in [-0.3, -0.25) is 4.68 Å². The van der Waals surface area contributed by atoms with Crippen LogP contribution in [0.1, 0.15) is 61.2 Å². The Morgan fingerprint density at radius 2 is 1.95 bits per heavy atom. The summed E-state index contributed by atoms with van der Waals surface area (Å²) >= 11 is 6.35. The molecule has 4 rings (SSSR count). The molecular weight excluding hydrogens is 522 g/mol. The molecule has 0 aliphatic rings. The van der Waals surface area contributed by atoms with Crippen LogP contribution in [0.25, 0.3) is 16.8 Å². The van der Waals surface area contributed by atoms with E-state index in [9.17, 15) is 14.7 Å². The van der Waals surface area contributed by atoms with Crippen molar-refractivity contribution >= 4 is 29.3 Å². The Labute approximate surface area is 231 Å². The Morgan fingerprint density at radius 1 is 1.21 bits per heavy atom. The van der Waals surface area contributed by atoms with Crippen molar-refractivity contribution in [3.05, 3.63) is 70.4 Å². The number of imidazole rings is 1. The van der Waals surface area contributed by atoms with Gasteiger partial charge in [0.25, 0.3) is 0 Å². The summed E-state index contributed by atoms with van der Waals surface area (Å²) < 4.78 is 15.0. The zero-order chi connectivity index (χ0) is 28.5. The number of halogens is 1. The number of hydrogen-bond acceptors (Lipinski definition) is 6. The number of aryl methyl sites for hydroxylation is 1. The number of carboxylic acid groups (broad SMARTS) is 1. The van der Waals surface area contributed by atoms with E-state index in [4.69, 9.17) is 21.1 Å². The molecule has 0 fully saturated rings. The second-order valence-electron chi connectivity index (χ2n) is 10.3. The normalized spacial score (nSPS) is 12.4. The number of nitrogens with zero attached hydrogens (tertiary/aromatic N) is 4. The van der Waals surface area contributed by atoms with Gasteiger partial charge in [0.1, 0.15) is 17.0 Å². The molecule has 2 N–H and O–H groups in total. The largest absolute Gasteiger partial charge is 0.493 e. The number of aromatic nitrogens is 4. The van der Waals surface area contributed by atoms with E-state index in [1.807, 2.05) is 63.4 Å². The van der Waals surface area contributed by atoms with Crippen molar-refractivity contribution in [2.24, 2.45) is 7.05 Å². The van der Waals surface area contributed by atoms with Crippen LogP contribution in [-0.4, -0.2) is 48.5 Å². The summed E-state index contributed by atoms with van der Waals surface area (Å²) in [6.07, 6.45) is 3.49. The Hall–Kier alpha value is -4.05. The summed E-state index contributed by atoms with van der Waals surface area (Å²) in [4.78, 5) is 28.4. The number of rotatable bonds is 8. The lowest BCUT2D eigenvalue weighted by Crippen LogP contribution is -2.34. The molecule has 206 valence electrons. The quantitative estimate of drug-likeness (QED) is 0.291. The first kappa shape index (κ1) is 28.0. The molecule has 39 heavy (non-hydrogen) atoms. The number of carboxylic acids is 1. The standard InChI is InChI=1S/C28H32ClN5O5/c1-16(31-27(37)39-28(3,4)5)22-14-30-24-10-7-18(15-34(22)24)21-13-19(29)8-9-23(21)38-12-11-20-17(2)33(6)32-25(20)26(35)36/h7-10,13-16H,11-12H2,1-6H3,(H,31,37)(H,35,36). The number of benzene rings is 1. The second-order valence-corrected chi connectivity index (χ2v) is 10.7. The van der Waals surface area contributed by atoms with Crippen LogP contribution in [-0.2, 0) is 18.2 Å². The van der Waals surface area contributed by atoms with Crippen LogP contribution >= 0.6 is 11.6 Å². The first-order valence-electron chi connectivity index (χ1n) is 12.5. The average molecular weight is 554 g/mol. The predicted octanol–water partition coefficient (Wildman–Crippen LogP) is 5.60. The maximum atomic E-state index is 12.3. The molecule has 0 bridgehead atoms. The molecule has 3 heterocycles. The Bertz CT molecular complexity index is 1540. The van der Waals surface area contributed by atoms with Gasteiger partial charge in [-0.25, -0.2) is 14.6 Å². The lowest BCUT2D eigenvalue weighted by atomic mass is 10.1. The number of alkyl carbamates (subject to hydrolysis) is 1. The fourth-order valence-corrected chi connectivity index (χ4v) is 4.45. The van der Waals surface area contributed by atoms with Crippen molar-refractivity contribution in [1.82, 2.24) is 24.5 Å². The molecule has 1 unspecified atom stereocenters. The molecule has 11 heteroatoms. The third-order valence-electron chi connectivity index (χ3n) is 6.23. The highest BCUT2D eigenvalue weighted by atomic mass is 35.5. The number of nitrogens with one attached hydrogen (secondary N) is 1. The van der Waals surface area contributed by atoms with Crippen LogP contribution in [0.3, 0.4) is 0 Å². The lowest BCUT2D eigenvalue weighted by molar-refractivity contribution is 0.0506. The minimum atomic E-state index is -1.07. The van der Waals surface area contributed by atoms with Gasteiger partial charge >= 0.3 is 12.1 Å². The zero-order valence-corrected chi connectivity index (χ0v) is 23.5. The maximum absolute atomic E-state index is 12.3. The maximum Gasteiger partial charge on any atom is 0.408 e. The Kier molecular flexibility index (Phi) is 7.87. The van der Waals surface area contributed by atoms with Gasteiger partial charge < -0.3 is 24.3 Å². The first-order chi connectivity index (χ1) is 18.3. The van der Waals surface area contributed by atoms with Gasteiger partial charge in [-0.1, -0.05) is 11.6 Å². The van der Waals surface area contributed by atoms with Gasteiger partial charge in [0.2, 0.25) is 0 Å². The monoisotopic (exact) mass is 553 g/mol. The van der Waals surface area contributed by atoms with Crippen LogP contribution in [0.4, 0.5) is 4.79 Å². The summed E-state index contributed by atoms with van der Waals surface area (Å²) in [5, 5.41) is 17.0. The topological polar surface area (TPSA) is 120 Å². The summed E-state index contributed by atoms with van der Waals surface area (Å²) in [7, 11) is 1.72. The highest BCUT2D eigenvalue weighted by Crippen LogP contribution is 2.34. The van der Waals surface area contributed by atoms with Crippen molar-refractivity contribution < 1.29 is 24.2 Å². The molecule has 10 nitrogen and oxygen atoms in total. The van der Waals surface area contributed by atoms with Gasteiger partial charge in [0, 0.05) is 47.1 Å². The van der Waals surface area contributed by atoms with Crippen LogP contribution in [0, 0.1) is 6.92 Å². The third kappa shape index (κ3) is 6.34. The highest BCUT2D eigenvalue weighted by molar-refractivity contribution is 6.31. The minimum Gasteiger partial charge on any atom is -0.493 e. The minimum absolute atomic E-state index is 0.0297. The predicted molar refractivity (Wildman–Crippen MR) is 148 cm³/mol. The Morgan fingerprint density at radius 3 is 2.64 bits per heavy atom. The van der Waals surface area contributed by atoms with Gasteiger partial charge in [-0.2, -0.15) is 5.10 Å². The molecular formula is C28H32ClN5O5. The molecule has 4 aromatic rings. The lowest BCUT2D eigenvalue weighted by Gasteiger charge is -2.22. The highest BCUT2D eigenvalue weighted by Gasteiger charge is 2.21. The molecule has 1 amide bonds. The fourth-order valence-electron chi connectivity index (χ4n) is 4.28. The summed E-state index contributed by atoms with van der Waals surface area (Å²) in [6.45, 7) is 9.37. The summed E-state index contributed by atoms with van der Waals surface area (Å²) in [5.41, 5.74) is 3.91. The number of hydrogen-bond donors (Lipinski definition) is 2. The van der Waals surface area contributed by atoms with E-state index in [0.717, 1.165) is 22.5 Å². The number of carbonyl (C=O) groups excluding carboxylic acids is 1. The molecule has 0 spiro atoms. The van der Waals surface area contributed by atoms with Crippen molar-refractivity contribution in [1.29, 1.82) is 0 Å². The number of ether oxygens (including phenoxy) is 2. The number of pyridine rings is 1. The van der Waals surface area contributed by atoms with Gasteiger partial charge in [0.15, 0.2) is 5.69 Å². The molecule has 0 aliphatic heterocycles. The van der Waals surface area contributed by atoms with Gasteiger partial charge in [-0.15, -0.1) is 0 Å². The molecule has 0 saturated carbocycles. The van der Waals surface area contributed by atoms with Crippen molar-refractivity contribution in [3.63, 3.8) is 0 Å². The van der Waals surface area contributed by atoms with Crippen molar-refractivity contribution in [2.75, 3.05) is 6.61 Å². The van der Waals surface area contributed by atoms with Crippen LogP contribution in [0.5, 0.6) is 5.75 Å². The smallest absolute Gasteiger partial charge is 0.408 e. The van der Waals surface area contributed by atoms with Crippen LogP contribution in [0.15, 0.2) is 42.7 Å². The Balaban J connectivity index is 1.59. The van der Waals surface area contributed by atoms with Crippen molar-refractivity contribution in [2.45, 2.75) is 52.7 Å². The van der Waals surface area contributed by atoms with Crippen molar-refractivity contribution in [3.8, 4) is 16.9 Å². The molecule has 1 aromatic carbocycles. The molecule has 1 atom stereocenters. The van der Waals surface area contributed by atoms with Gasteiger partial charge in [-0.05, 0) is 65.0 Å². The van der Waals surface area contributed by atoms with Crippen LogP contribution in [0.2, 0.25) is 5.02 Å². The van der Waals surface area contributed by atoms with Gasteiger partial charge in [0.05, 0.1) is 24.5 Å². The number of carbonyl (C=O) groups is 2.